The topological polar surface area (TPSA) is 98.2 Å². The van der Waals surface area contributed by atoms with Gasteiger partial charge in [0.25, 0.3) is 0 Å². The van der Waals surface area contributed by atoms with E-state index in [-0.39, 0.29) is 0 Å². The minimum atomic E-state index is -0.694. The predicted octanol–water partition coefficient (Wildman–Crippen LogP) is 0.902. The van der Waals surface area contributed by atoms with Gasteiger partial charge in [0.1, 0.15) is 0 Å². The number of hydrogen-bond donors (Lipinski definition) is 3. The molecule has 0 atom stereocenters. The smallest absolute Gasteiger partial charge is 0.248 e. The number of hydrogen-bond acceptors (Lipinski definition) is 3. The number of rotatable bonds is 3. The molecule has 6 heteroatoms. The van der Waals surface area contributed by atoms with Crippen molar-refractivity contribution in [2.45, 2.75) is 0 Å². The molecule has 0 radical (unpaired) electrons. The molecule has 0 unspecified atom stereocenters. The van der Waals surface area contributed by atoms with Gasteiger partial charge >= 0.3 is 0 Å². The van der Waals surface area contributed by atoms with Crippen molar-refractivity contribution in [3.63, 3.8) is 0 Å². The van der Waals surface area contributed by atoms with Crippen molar-refractivity contribution in [3.05, 3.63) is 35.4 Å². The Balaban J connectivity index is 2.73. The molecule has 0 aliphatic carbocycles. The van der Waals surface area contributed by atoms with Crippen LogP contribution in [0.3, 0.4) is 0 Å². The number of carbonyl (C=O) groups excluding carboxylic acids is 2. The van der Waals surface area contributed by atoms with Gasteiger partial charge in [0.15, 0.2) is 0 Å². The van der Waals surface area contributed by atoms with Gasteiger partial charge in [0.05, 0.1) is 0 Å². The molecule has 0 saturated carbocycles. The number of amides is 2. The van der Waals surface area contributed by atoms with Crippen LogP contribution in [-0.2, 0) is 9.59 Å². The Morgan fingerprint density at radius 2 is 1.94 bits per heavy atom. The molecule has 0 aliphatic rings. The van der Waals surface area contributed by atoms with Crippen LogP contribution in [0.4, 0.5) is 11.4 Å². The number of carbonyl (C=O) groups is 2. The zero-order valence-electron chi connectivity index (χ0n) is 8.24. The summed E-state index contributed by atoms with van der Waals surface area (Å²) in [5.41, 5.74) is 11.2. The SMILES string of the molecule is NC(=O)/C=C\C(=O)Nc1cc(N)cc(Cl)c1. The molecule has 0 aromatic heterocycles. The predicted molar refractivity (Wildman–Crippen MR) is 62.8 cm³/mol. The molecule has 16 heavy (non-hydrogen) atoms. The van der Waals surface area contributed by atoms with E-state index < -0.39 is 11.8 Å². The number of nitrogen functional groups attached to an aromatic ring is 1. The van der Waals surface area contributed by atoms with Crippen LogP contribution < -0.4 is 16.8 Å². The summed E-state index contributed by atoms with van der Waals surface area (Å²) >= 11 is 5.74. The van der Waals surface area contributed by atoms with Crippen LogP contribution in [0.5, 0.6) is 0 Å². The fraction of sp³-hybridized carbons (Fsp3) is 0. The zero-order chi connectivity index (χ0) is 12.1. The quantitative estimate of drug-likeness (QED) is 0.540. The second kappa shape index (κ2) is 5.18. The summed E-state index contributed by atoms with van der Waals surface area (Å²) in [4.78, 5) is 21.6. The van der Waals surface area contributed by atoms with Crippen molar-refractivity contribution in [1.29, 1.82) is 0 Å². The molecule has 5 nitrogen and oxygen atoms in total. The van der Waals surface area contributed by atoms with Crippen molar-refractivity contribution in [1.82, 2.24) is 0 Å². The molecule has 2 amide bonds. The third-order valence-corrected chi connectivity index (χ3v) is 1.80. The molecule has 1 aromatic carbocycles. The number of nitrogens with two attached hydrogens (primary N) is 2. The zero-order valence-corrected chi connectivity index (χ0v) is 8.99. The molecule has 1 rings (SSSR count). The second-order valence-electron chi connectivity index (χ2n) is 3.00. The van der Waals surface area contributed by atoms with Gasteiger partial charge in [0.2, 0.25) is 11.8 Å². The lowest BCUT2D eigenvalue weighted by Gasteiger charge is -2.03. The highest BCUT2D eigenvalue weighted by Gasteiger charge is 2.00. The van der Waals surface area contributed by atoms with E-state index in [1.807, 2.05) is 0 Å². The summed E-state index contributed by atoms with van der Waals surface area (Å²) < 4.78 is 0. The Labute approximate surface area is 97.1 Å². The summed E-state index contributed by atoms with van der Waals surface area (Å²) in [5, 5.41) is 2.89. The van der Waals surface area contributed by atoms with E-state index in [0.717, 1.165) is 12.2 Å². The van der Waals surface area contributed by atoms with Crippen molar-refractivity contribution in [3.8, 4) is 0 Å². The first-order chi connectivity index (χ1) is 7.47. The van der Waals surface area contributed by atoms with Crippen LogP contribution in [0.2, 0.25) is 5.02 Å². The molecule has 84 valence electrons. The molecule has 0 fully saturated rings. The van der Waals surface area contributed by atoms with Crippen LogP contribution in [0.1, 0.15) is 0 Å². The van der Waals surface area contributed by atoms with E-state index in [9.17, 15) is 9.59 Å². The number of halogens is 1. The van der Waals surface area contributed by atoms with Crippen LogP contribution >= 0.6 is 11.6 Å². The van der Waals surface area contributed by atoms with Crippen LogP contribution in [0, 0.1) is 0 Å². The summed E-state index contributed by atoms with van der Waals surface area (Å²) in [5.74, 6) is -1.18. The van der Waals surface area contributed by atoms with E-state index in [2.05, 4.69) is 5.32 Å². The Hall–Kier alpha value is -2.01. The van der Waals surface area contributed by atoms with Gasteiger partial charge in [-0.15, -0.1) is 0 Å². The van der Waals surface area contributed by atoms with Crippen LogP contribution in [0.15, 0.2) is 30.4 Å². The first-order valence-corrected chi connectivity index (χ1v) is 4.70. The minimum Gasteiger partial charge on any atom is -0.399 e. The lowest BCUT2D eigenvalue weighted by Crippen LogP contribution is -2.11. The third kappa shape index (κ3) is 4.02. The first kappa shape index (κ1) is 12.1. The largest absolute Gasteiger partial charge is 0.399 e. The lowest BCUT2D eigenvalue weighted by atomic mass is 10.3. The van der Waals surface area contributed by atoms with Crippen LogP contribution in [-0.4, -0.2) is 11.8 Å². The van der Waals surface area contributed by atoms with Crippen LogP contribution in [0.25, 0.3) is 0 Å². The number of benzene rings is 1. The molecular weight excluding hydrogens is 230 g/mol. The maximum absolute atomic E-state index is 11.2. The molecule has 0 bridgehead atoms. The van der Waals surface area contributed by atoms with E-state index >= 15 is 0 Å². The summed E-state index contributed by atoms with van der Waals surface area (Å²) in [6, 6.07) is 4.63. The average Bonchev–Trinajstić information content (AvgIpc) is 2.12. The van der Waals surface area contributed by atoms with Gasteiger partial charge in [-0.25, -0.2) is 0 Å². The van der Waals surface area contributed by atoms with Crippen molar-refractivity contribution in [2.75, 3.05) is 11.1 Å². The number of anilines is 2. The maximum atomic E-state index is 11.2. The summed E-state index contributed by atoms with van der Waals surface area (Å²) in [6.45, 7) is 0. The van der Waals surface area contributed by atoms with Crippen molar-refractivity contribution >= 4 is 34.8 Å². The number of primary amides is 1. The molecule has 0 saturated heterocycles. The van der Waals surface area contributed by atoms with Gasteiger partial charge < -0.3 is 16.8 Å². The van der Waals surface area contributed by atoms with E-state index in [0.29, 0.717) is 16.4 Å². The second-order valence-corrected chi connectivity index (χ2v) is 3.43. The minimum absolute atomic E-state index is 0.411. The van der Waals surface area contributed by atoms with Gasteiger partial charge in [-0.3, -0.25) is 9.59 Å². The number of nitrogens with one attached hydrogen (secondary N) is 1. The molecule has 1 aromatic rings. The molecule has 0 spiro atoms. The highest BCUT2D eigenvalue weighted by atomic mass is 35.5. The van der Waals surface area contributed by atoms with E-state index in [4.69, 9.17) is 23.1 Å². The van der Waals surface area contributed by atoms with Gasteiger partial charge in [0, 0.05) is 28.5 Å². The summed E-state index contributed by atoms with van der Waals surface area (Å²) in [6.07, 6.45) is 1.99. The molecule has 0 aliphatic heterocycles. The Kier molecular flexibility index (Phi) is 3.90. The van der Waals surface area contributed by atoms with Crippen molar-refractivity contribution in [2.24, 2.45) is 5.73 Å². The van der Waals surface area contributed by atoms with Gasteiger partial charge in [-0.2, -0.15) is 0 Å². The Morgan fingerprint density at radius 1 is 1.25 bits per heavy atom. The Morgan fingerprint density at radius 3 is 2.50 bits per heavy atom. The standard InChI is InChI=1S/C10H10ClN3O2/c11-6-3-7(12)5-8(4-6)14-10(16)2-1-9(13)15/h1-5H,12H2,(H2,13,15)(H,14,16)/b2-1-. The highest BCUT2D eigenvalue weighted by Crippen LogP contribution is 2.20. The third-order valence-electron chi connectivity index (χ3n) is 1.59. The highest BCUT2D eigenvalue weighted by molar-refractivity contribution is 6.31. The van der Waals surface area contributed by atoms with Gasteiger partial charge in [-0.05, 0) is 18.2 Å². The van der Waals surface area contributed by atoms with E-state index in [1.165, 1.54) is 6.07 Å². The average molecular weight is 240 g/mol. The normalized spacial score (nSPS) is 10.3. The molecule has 0 heterocycles. The maximum Gasteiger partial charge on any atom is 0.248 e. The fourth-order valence-electron chi connectivity index (χ4n) is 1.03. The molecule has 5 N–H and O–H groups in total. The Bertz CT molecular complexity index is 437. The monoisotopic (exact) mass is 239 g/mol. The summed E-state index contributed by atoms with van der Waals surface area (Å²) in [7, 11) is 0. The van der Waals surface area contributed by atoms with Gasteiger partial charge in [-0.1, -0.05) is 11.6 Å². The lowest BCUT2D eigenvalue weighted by molar-refractivity contribution is -0.115. The fourth-order valence-corrected chi connectivity index (χ4v) is 1.27. The van der Waals surface area contributed by atoms with Crippen molar-refractivity contribution < 1.29 is 9.59 Å². The van der Waals surface area contributed by atoms with E-state index in [1.54, 1.807) is 12.1 Å². The first-order valence-electron chi connectivity index (χ1n) is 4.32. The molecular formula is C10H10ClN3O2.